The third kappa shape index (κ3) is 16.8. The summed E-state index contributed by atoms with van der Waals surface area (Å²) in [7, 11) is 0. The Kier molecular flexibility index (Phi) is 18.8. The fraction of sp³-hybridized carbons (Fsp3) is 0.440. The van der Waals surface area contributed by atoms with E-state index in [9.17, 15) is 9.59 Å². The first-order valence-electron chi connectivity index (χ1n) is 10.7. The van der Waals surface area contributed by atoms with Crippen LogP contribution in [0.4, 0.5) is 0 Å². The van der Waals surface area contributed by atoms with Gasteiger partial charge in [0.25, 0.3) is 0 Å². The number of carboxylic acid groups (broad SMARTS) is 1. The minimum atomic E-state index is -0.961. The number of aliphatic carboxylic acids is 1. The van der Waals surface area contributed by atoms with Crippen LogP contribution in [-0.2, 0) is 9.59 Å². The van der Waals surface area contributed by atoms with Crippen LogP contribution in [0.25, 0.3) is 0 Å². The molecule has 0 spiro atoms. The molecular weight excluding hydrogens is 394 g/mol. The maximum atomic E-state index is 12.5. The highest BCUT2D eigenvalue weighted by Crippen LogP contribution is 2.19. The molecule has 1 unspecified atom stereocenters. The summed E-state index contributed by atoms with van der Waals surface area (Å²) in [5.74, 6) is -0.385. The molecule has 0 fully saturated rings. The molecule has 0 aliphatic heterocycles. The van der Waals surface area contributed by atoms with E-state index in [1.807, 2.05) is 42.5 Å². The average Bonchev–Trinajstić information content (AvgIpc) is 2.74. The zero-order chi connectivity index (χ0) is 22.5. The molecule has 0 heterocycles. The number of thiol groups is 1. The monoisotopic (exact) mass is 431 g/mol. The molecule has 0 aromatic heterocycles. The Balaban J connectivity index is 4.29. The van der Waals surface area contributed by atoms with E-state index in [2.05, 4.69) is 25.6 Å². The van der Waals surface area contributed by atoms with Crippen LogP contribution in [0.3, 0.4) is 0 Å². The summed E-state index contributed by atoms with van der Waals surface area (Å²) in [5.41, 5.74) is 5.90. The highest BCUT2D eigenvalue weighted by atomic mass is 32.1. The fourth-order valence-corrected chi connectivity index (χ4v) is 2.94. The number of hydrogen-bond acceptors (Lipinski definition) is 4. The molecule has 0 rings (SSSR count). The molecule has 0 bridgehead atoms. The Morgan fingerprint density at radius 3 is 1.97 bits per heavy atom. The topological polar surface area (TPSA) is 80.4 Å². The van der Waals surface area contributed by atoms with Gasteiger partial charge in [-0.3, -0.25) is 4.79 Å². The second-order valence-corrected chi connectivity index (χ2v) is 7.35. The molecule has 0 amide bonds. The molecule has 2 atom stereocenters. The molecule has 0 aliphatic rings. The van der Waals surface area contributed by atoms with Crippen LogP contribution in [0.15, 0.2) is 72.9 Å². The Morgan fingerprint density at radius 1 is 0.867 bits per heavy atom. The van der Waals surface area contributed by atoms with E-state index >= 15 is 0 Å². The van der Waals surface area contributed by atoms with Crippen molar-refractivity contribution >= 4 is 24.4 Å². The number of ketones is 1. The summed E-state index contributed by atoms with van der Waals surface area (Å²) >= 11 is 4.17. The van der Waals surface area contributed by atoms with Crippen molar-refractivity contribution < 1.29 is 14.7 Å². The number of allylic oxidation sites excluding steroid dienone is 11. The lowest BCUT2D eigenvalue weighted by Gasteiger charge is -2.18. The van der Waals surface area contributed by atoms with E-state index in [0.717, 1.165) is 31.8 Å². The van der Waals surface area contributed by atoms with Gasteiger partial charge in [-0.05, 0) is 19.3 Å². The van der Waals surface area contributed by atoms with E-state index in [1.54, 1.807) is 12.2 Å². The summed E-state index contributed by atoms with van der Waals surface area (Å²) in [6, 6.07) is -0.463. The van der Waals surface area contributed by atoms with E-state index in [-0.39, 0.29) is 11.7 Å². The van der Waals surface area contributed by atoms with Crippen molar-refractivity contribution in [3.05, 3.63) is 72.9 Å². The highest BCUT2D eigenvalue weighted by molar-refractivity contribution is 7.80. The van der Waals surface area contributed by atoms with Gasteiger partial charge < -0.3 is 10.8 Å². The van der Waals surface area contributed by atoms with Crippen LogP contribution in [-0.4, -0.2) is 28.7 Å². The molecule has 0 aromatic rings. The molecule has 0 saturated carbocycles. The number of carbonyl (C=O) groups excluding carboxylic acids is 1. The number of unbranched alkanes of at least 4 members (excludes halogenated alkanes) is 3. The molecule has 0 aliphatic carbocycles. The predicted octanol–water partition coefficient (Wildman–Crippen LogP) is 5.60. The molecule has 0 saturated heterocycles. The first kappa shape index (κ1) is 27.9. The van der Waals surface area contributed by atoms with Gasteiger partial charge in [0.1, 0.15) is 0 Å². The van der Waals surface area contributed by atoms with Gasteiger partial charge in [0, 0.05) is 17.7 Å². The standard InChI is InChI=1S/C25H37NO3S/c1-2-3-4-15-18-22(25(29)23(26)21-30)19-16-13-11-9-7-5-6-8-10-12-14-17-20-24(27)28/h5-14,17,20,22-23,30H,2-4,15-16,18-19,21,26H2,1H3,(H,27,28)/t22?,23-/m0/s1. The van der Waals surface area contributed by atoms with Crippen molar-refractivity contribution in [2.45, 2.75) is 57.9 Å². The number of nitrogens with two attached hydrogens (primary N) is 1. The van der Waals surface area contributed by atoms with Crippen LogP contribution in [0.1, 0.15) is 51.9 Å². The predicted molar refractivity (Wildman–Crippen MR) is 131 cm³/mol. The van der Waals surface area contributed by atoms with Gasteiger partial charge in [0.05, 0.1) is 6.04 Å². The normalized spacial score (nSPS) is 14.9. The van der Waals surface area contributed by atoms with Crippen molar-refractivity contribution in [3.8, 4) is 0 Å². The van der Waals surface area contributed by atoms with Crippen LogP contribution >= 0.6 is 12.6 Å². The van der Waals surface area contributed by atoms with Gasteiger partial charge in [0.15, 0.2) is 5.78 Å². The van der Waals surface area contributed by atoms with Gasteiger partial charge in [-0.25, -0.2) is 4.79 Å². The first-order valence-corrected chi connectivity index (χ1v) is 11.3. The molecular formula is C25H37NO3S. The maximum absolute atomic E-state index is 12.5. The van der Waals surface area contributed by atoms with Crippen LogP contribution in [0.2, 0.25) is 0 Å². The maximum Gasteiger partial charge on any atom is 0.328 e. The van der Waals surface area contributed by atoms with E-state index < -0.39 is 12.0 Å². The first-order chi connectivity index (χ1) is 14.5. The van der Waals surface area contributed by atoms with Crippen LogP contribution in [0, 0.1) is 5.92 Å². The Hall–Kier alpha value is -2.11. The Bertz CT molecular complexity index is 645. The van der Waals surface area contributed by atoms with Gasteiger partial charge in [-0.1, -0.05) is 99.4 Å². The quantitative estimate of drug-likeness (QED) is 0.121. The summed E-state index contributed by atoms with van der Waals surface area (Å²) < 4.78 is 0. The lowest BCUT2D eigenvalue weighted by atomic mass is 9.89. The zero-order valence-corrected chi connectivity index (χ0v) is 18.9. The Morgan fingerprint density at radius 2 is 1.43 bits per heavy atom. The van der Waals surface area contributed by atoms with Crippen LogP contribution < -0.4 is 5.73 Å². The Labute approximate surface area is 187 Å². The van der Waals surface area contributed by atoms with Gasteiger partial charge in [-0.15, -0.1) is 0 Å². The lowest BCUT2D eigenvalue weighted by Crippen LogP contribution is -2.37. The number of hydrogen-bond donors (Lipinski definition) is 3. The molecule has 166 valence electrons. The summed E-state index contributed by atoms with van der Waals surface area (Å²) in [4.78, 5) is 22.7. The third-order valence-electron chi connectivity index (χ3n) is 4.43. The number of rotatable bonds is 17. The summed E-state index contributed by atoms with van der Waals surface area (Å²) in [6.07, 6.45) is 28.6. The molecule has 3 N–H and O–H groups in total. The van der Waals surface area contributed by atoms with Crippen molar-refractivity contribution in [2.24, 2.45) is 11.7 Å². The van der Waals surface area contributed by atoms with Gasteiger partial charge in [-0.2, -0.15) is 12.6 Å². The van der Waals surface area contributed by atoms with Crippen molar-refractivity contribution in [1.82, 2.24) is 0 Å². The second-order valence-electron chi connectivity index (χ2n) is 6.98. The second kappa shape index (κ2) is 20.2. The minimum absolute atomic E-state index is 0.0288. The van der Waals surface area contributed by atoms with Crippen molar-refractivity contribution in [3.63, 3.8) is 0 Å². The highest BCUT2D eigenvalue weighted by Gasteiger charge is 2.22. The largest absolute Gasteiger partial charge is 0.478 e. The number of Topliss-reactive ketones (excluding diaryl/α,β-unsaturated/α-hetero) is 1. The van der Waals surface area contributed by atoms with Crippen molar-refractivity contribution in [1.29, 1.82) is 0 Å². The molecule has 30 heavy (non-hydrogen) atoms. The smallest absolute Gasteiger partial charge is 0.328 e. The lowest BCUT2D eigenvalue weighted by molar-refractivity contribution is -0.131. The molecule has 5 heteroatoms. The summed E-state index contributed by atoms with van der Waals surface area (Å²) in [6.45, 7) is 2.18. The molecule has 0 radical (unpaired) electrons. The molecule has 0 aromatic carbocycles. The zero-order valence-electron chi connectivity index (χ0n) is 18.0. The number of carboxylic acids is 1. The SMILES string of the molecule is CCCCCCC(CCC=CC=CC=CC=CC=CC=CC(=O)O)C(=O)[C@@H](N)CS. The number of carbonyl (C=O) groups is 2. The van der Waals surface area contributed by atoms with Crippen molar-refractivity contribution in [2.75, 3.05) is 5.75 Å². The fourth-order valence-electron chi connectivity index (χ4n) is 2.76. The van der Waals surface area contributed by atoms with E-state index in [0.29, 0.717) is 5.75 Å². The average molecular weight is 432 g/mol. The van der Waals surface area contributed by atoms with Gasteiger partial charge in [0.2, 0.25) is 0 Å². The summed E-state index contributed by atoms with van der Waals surface area (Å²) in [5, 5.41) is 8.44. The van der Waals surface area contributed by atoms with E-state index in [1.165, 1.54) is 25.3 Å². The molecule has 4 nitrogen and oxygen atoms in total. The van der Waals surface area contributed by atoms with Crippen LogP contribution in [0.5, 0.6) is 0 Å². The van der Waals surface area contributed by atoms with E-state index in [4.69, 9.17) is 10.8 Å². The third-order valence-corrected chi connectivity index (χ3v) is 4.82. The minimum Gasteiger partial charge on any atom is -0.478 e. The van der Waals surface area contributed by atoms with Gasteiger partial charge >= 0.3 is 5.97 Å².